The van der Waals surface area contributed by atoms with E-state index in [1.54, 1.807) is 0 Å². The van der Waals surface area contributed by atoms with E-state index in [1.165, 1.54) is 0 Å². The van der Waals surface area contributed by atoms with Crippen molar-refractivity contribution in [3.05, 3.63) is 60.2 Å². The molecule has 0 spiro atoms. The van der Waals surface area contributed by atoms with Crippen molar-refractivity contribution >= 4 is 0 Å². The Morgan fingerprint density at radius 2 is 1.47 bits per heavy atom. The number of hydrogen-bond donors (Lipinski definition) is 0. The zero-order chi connectivity index (χ0) is 10.5. The third kappa shape index (κ3) is 2.21. The van der Waals surface area contributed by atoms with Gasteiger partial charge in [-0.25, -0.2) is 0 Å². The van der Waals surface area contributed by atoms with Gasteiger partial charge in [-0.15, -0.1) is 0 Å². The highest BCUT2D eigenvalue weighted by molar-refractivity contribution is 5.22. The first-order chi connectivity index (χ1) is 7.42. The highest BCUT2D eigenvalue weighted by atomic mass is 14.7. The number of pyridine rings is 2. The van der Waals surface area contributed by atoms with Gasteiger partial charge in [0.25, 0.3) is 0 Å². The normalized spacial score (nSPS) is 10.5. The third-order valence-electron chi connectivity index (χ3n) is 2.50. The van der Waals surface area contributed by atoms with Gasteiger partial charge in [0.15, 0.2) is 0 Å². The van der Waals surface area contributed by atoms with Crippen molar-refractivity contribution in [3.8, 4) is 0 Å². The maximum Gasteiger partial charge on any atom is 0.0494 e. The Bertz CT molecular complexity index is 358. The van der Waals surface area contributed by atoms with Crippen LogP contribution in [-0.2, 0) is 0 Å². The van der Waals surface area contributed by atoms with Gasteiger partial charge in [0.1, 0.15) is 0 Å². The molecule has 0 N–H and O–H groups in total. The van der Waals surface area contributed by atoms with E-state index in [0.717, 1.165) is 17.8 Å². The minimum absolute atomic E-state index is 0.312. The van der Waals surface area contributed by atoms with Gasteiger partial charge >= 0.3 is 0 Å². The van der Waals surface area contributed by atoms with Crippen LogP contribution >= 0.6 is 0 Å². The van der Waals surface area contributed by atoms with Crippen molar-refractivity contribution in [1.82, 2.24) is 9.97 Å². The molecule has 15 heavy (non-hydrogen) atoms. The molecule has 0 unspecified atom stereocenters. The first-order valence-electron chi connectivity index (χ1n) is 5.23. The lowest BCUT2D eigenvalue weighted by Gasteiger charge is -2.12. The minimum Gasteiger partial charge on any atom is -0.261 e. The fourth-order valence-corrected chi connectivity index (χ4v) is 1.73. The molecule has 0 fully saturated rings. The number of hydrogen-bond acceptors (Lipinski definition) is 2. The van der Waals surface area contributed by atoms with Gasteiger partial charge < -0.3 is 0 Å². The van der Waals surface area contributed by atoms with Crippen molar-refractivity contribution in [3.63, 3.8) is 0 Å². The van der Waals surface area contributed by atoms with Crippen LogP contribution in [0.25, 0.3) is 0 Å². The second-order valence-corrected chi connectivity index (χ2v) is 3.47. The summed E-state index contributed by atoms with van der Waals surface area (Å²) in [6.45, 7) is 2.16. The molecule has 0 saturated heterocycles. The Morgan fingerprint density at radius 3 is 1.80 bits per heavy atom. The van der Waals surface area contributed by atoms with E-state index in [-0.39, 0.29) is 0 Å². The van der Waals surface area contributed by atoms with Crippen LogP contribution in [0, 0.1) is 0 Å². The fourth-order valence-electron chi connectivity index (χ4n) is 1.73. The predicted octanol–water partition coefficient (Wildman–Crippen LogP) is 3.02. The Morgan fingerprint density at radius 1 is 0.933 bits per heavy atom. The lowest BCUT2D eigenvalue weighted by Crippen LogP contribution is -2.03. The van der Waals surface area contributed by atoms with E-state index < -0.39 is 0 Å². The molecule has 0 aliphatic rings. The highest BCUT2D eigenvalue weighted by Gasteiger charge is 2.13. The average molecular weight is 198 g/mol. The Hall–Kier alpha value is -1.70. The maximum absolute atomic E-state index is 4.39. The highest BCUT2D eigenvalue weighted by Crippen LogP contribution is 2.23. The van der Waals surface area contributed by atoms with Crippen molar-refractivity contribution < 1.29 is 0 Å². The number of rotatable bonds is 3. The third-order valence-corrected chi connectivity index (χ3v) is 2.50. The smallest absolute Gasteiger partial charge is 0.0494 e. The van der Waals surface area contributed by atoms with Crippen molar-refractivity contribution in [2.75, 3.05) is 0 Å². The summed E-state index contributed by atoms with van der Waals surface area (Å²) >= 11 is 0. The Labute approximate surface area is 90.0 Å². The van der Waals surface area contributed by atoms with Crippen LogP contribution in [0.4, 0.5) is 0 Å². The maximum atomic E-state index is 4.39. The van der Waals surface area contributed by atoms with Gasteiger partial charge in [0, 0.05) is 29.7 Å². The summed E-state index contributed by atoms with van der Waals surface area (Å²) < 4.78 is 0. The molecule has 0 aliphatic heterocycles. The van der Waals surface area contributed by atoms with Crippen molar-refractivity contribution in [1.29, 1.82) is 0 Å². The van der Waals surface area contributed by atoms with Gasteiger partial charge in [-0.05, 0) is 30.7 Å². The molecule has 0 bridgehead atoms. The quantitative estimate of drug-likeness (QED) is 0.757. The summed E-state index contributed by atoms with van der Waals surface area (Å²) in [7, 11) is 0. The molecule has 0 aliphatic carbocycles. The van der Waals surface area contributed by atoms with Crippen LogP contribution in [0.1, 0.15) is 30.7 Å². The lowest BCUT2D eigenvalue weighted by atomic mass is 9.97. The molecule has 2 aromatic rings. The molecule has 2 heterocycles. The van der Waals surface area contributed by atoms with Gasteiger partial charge in [-0.1, -0.05) is 19.1 Å². The summed E-state index contributed by atoms with van der Waals surface area (Å²) in [5, 5.41) is 0. The van der Waals surface area contributed by atoms with Gasteiger partial charge in [-0.2, -0.15) is 0 Å². The molecule has 2 nitrogen and oxygen atoms in total. The molecular formula is C13H14N2. The molecule has 2 aromatic heterocycles. The van der Waals surface area contributed by atoms with E-state index in [2.05, 4.69) is 29.0 Å². The van der Waals surface area contributed by atoms with Crippen LogP contribution in [0.5, 0.6) is 0 Å². The Balaban J connectivity index is 2.34. The molecule has 0 amide bonds. The van der Waals surface area contributed by atoms with Crippen LogP contribution in [0.3, 0.4) is 0 Å². The van der Waals surface area contributed by atoms with E-state index in [0.29, 0.717) is 5.92 Å². The van der Waals surface area contributed by atoms with Crippen LogP contribution in [0.15, 0.2) is 48.8 Å². The summed E-state index contributed by atoms with van der Waals surface area (Å²) in [6.07, 6.45) is 4.69. The topological polar surface area (TPSA) is 25.8 Å². The first-order valence-corrected chi connectivity index (χ1v) is 5.23. The van der Waals surface area contributed by atoms with Crippen LogP contribution in [0.2, 0.25) is 0 Å². The summed E-state index contributed by atoms with van der Waals surface area (Å²) in [5.41, 5.74) is 2.19. The van der Waals surface area contributed by atoms with Crippen LogP contribution in [-0.4, -0.2) is 9.97 Å². The number of aromatic nitrogens is 2. The average Bonchev–Trinajstić information content (AvgIpc) is 2.33. The Kier molecular flexibility index (Phi) is 3.08. The first kappa shape index (κ1) is 9.84. The molecule has 0 saturated carbocycles. The van der Waals surface area contributed by atoms with E-state index in [4.69, 9.17) is 0 Å². The second-order valence-electron chi connectivity index (χ2n) is 3.47. The molecular weight excluding hydrogens is 184 g/mol. The molecule has 0 radical (unpaired) electrons. The second kappa shape index (κ2) is 4.69. The summed E-state index contributed by atoms with van der Waals surface area (Å²) in [6, 6.07) is 12.0. The zero-order valence-electron chi connectivity index (χ0n) is 8.80. The largest absolute Gasteiger partial charge is 0.261 e. The summed E-state index contributed by atoms with van der Waals surface area (Å²) in [5.74, 6) is 0.312. The van der Waals surface area contributed by atoms with Gasteiger partial charge in [-0.3, -0.25) is 9.97 Å². The molecule has 2 rings (SSSR count). The van der Waals surface area contributed by atoms with Crippen molar-refractivity contribution in [2.24, 2.45) is 0 Å². The van der Waals surface area contributed by atoms with Crippen molar-refractivity contribution in [2.45, 2.75) is 19.3 Å². The molecule has 0 aromatic carbocycles. The zero-order valence-corrected chi connectivity index (χ0v) is 8.80. The van der Waals surface area contributed by atoms with Gasteiger partial charge in [0.2, 0.25) is 0 Å². The standard InChI is InChI=1S/C13H14N2/c1-2-11(12-7-3-5-9-14-12)13-8-4-6-10-15-13/h3-11H,2H2,1H3. The molecule has 76 valence electrons. The van der Waals surface area contributed by atoms with E-state index >= 15 is 0 Å². The van der Waals surface area contributed by atoms with E-state index in [9.17, 15) is 0 Å². The fraction of sp³-hybridized carbons (Fsp3) is 0.231. The minimum atomic E-state index is 0.312. The SMILES string of the molecule is CCC(c1ccccn1)c1ccccn1. The van der Waals surface area contributed by atoms with Gasteiger partial charge in [0.05, 0.1) is 0 Å². The number of nitrogens with zero attached hydrogens (tertiary/aromatic N) is 2. The predicted molar refractivity (Wildman–Crippen MR) is 60.6 cm³/mol. The van der Waals surface area contributed by atoms with Crippen LogP contribution < -0.4 is 0 Å². The molecule has 0 atom stereocenters. The lowest BCUT2D eigenvalue weighted by molar-refractivity contribution is 0.725. The monoisotopic (exact) mass is 198 g/mol. The molecule has 2 heteroatoms. The summed E-state index contributed by atoms with van der Waals surface area (Å²) in [4.78, 5) is 8.77. The van der Waals surface area contributed by atoms with E-state index in [1.807, 2.05) is 36.7 Å².